The topological polar surface area (TPSA) is 89.6 Å². The average molecular weight is 329 g/mol. The number of anilines is 2. The molecule has 0 fully saturated rings. The maximum absolute atomic E-state index is 12.4. The Balaban J connectivity index is 2.13. The monoisotopic (exact) mass is 329 g/mol. The molecule has 1 aromatic carbocycles. The highest BCUT2D eigenvalue weighted by Gasteiger charge is 2.14. The quantitative estimate of drug-likeness (QED) is 0.598. The van der Waals surface area contributed by atoms with Crippen LogP contribution in [-0.2, 0) is 9.47 Å². The largest absolute Gasteiger partial charge is 0.465 e. The second kappa shape index (κ2) is 8.64. The lowest BCUT2D eigenvalue weighted by Gasteiger charge is -2.10. The zero-order valence-electron chi connectivity index (χ0n) is 13.5. The summed E-state index contributed by atoms with van der Waals surface area (Å²) in [5.74, 6) is -0.285. The lowest BCUT2D eigenvalue weighted by molar-refractivity contribution is 0.0602. The zero-order chi connectivity index (χ0) is 17.4. The van der Waals surface area contributed by atoms with Gasteiger partial charge in [0.25, 0.3) is 5.91 Å². The molecule has 1 aromatic heterocycles. The first kappa shape index (κ1) is 17.4. The highest BCUT2D eigenvalue weighted by molar-refractivity contribution is 6.08. The van der Waals surface area contributed by atoms with Gasteiger partial charge in [-0.15, -0.1) is 0 Å². The number of methoxy groups -OCH3 is 2. The van der Waals surface area contributed by atoms with E-state index in [4.69, 9.17) is 9.47 Å². The normalized spacial score (nSPS) is 10.1. The van der Waals surface area contributed by atoms with Gasteiger partial charge in [0.2, 0.25) is 0 Å². The Bertz CT molecular complexity index is 718. The summed E-state index contributed by atoms with van der Waals surface area (Å²) in [4.78, 5) is 28.3. The summed E-state index contributed by atoms with van der Waals surface area (Å²) in [5.41, 5.74) is 1.10. The van der Waals surface area contributed by atoms with Gasteiger partial charge in [-0.05, 0) is 24.3 Å². The first-order chi connectivity index (χ1) is 11.7. The van der Waals surface area contributed by atoms with E-state index in [0.717, 1.165) is 0 Å². The van der Waals surface area contributed by atoms with Gasteiger partial charge in [-0.2, -0.15) is 0 Å². The molecule has 2 rings (SSSR count). The molecular formula is C17H19N3O4. The van der Waals surface area contributed by atoms with Crippen LogP contribution < -0.4 is 10.6 Å². The Morgan fingerprint density at radius 1 is 1.17 bits per heavy atom. The van der Waals surface area contributed by atoms with E-state index in [1.165, 1.54) is 13.3 Å². The van der Waals surface area contributed by atoms with Crippen molar-refractivity contribution in [3.05, 3.63) is 53.7 Å². The minimum absolute atomic E-state index is 0.292. The first-order valence-corrected chi connectivity index (χ1v) is 7.33. The molecule has 0 aliphatic rings. The third kappa shape index (κ3) is 4.53. The van der Waals surface area contributed by atoms with Gasteiger partial charge in [-0.1, -0.05) is 12.1 Å². The molecule has 0 saturated carbocycles. The van der Waals surface area contributed by atoms with Crippen LogP contribution in [-0.4, -0.2) is 44.2 Å². The van der Waals surface area contributed by atoms with E-state index < -0.39 is 5.97 Å². The van der Waals surface area contributed by atoms with Crippen molar-refractivity contribution in [3.8, 4) is 0 Å². The summed E-state index contributed by atoms with van der Waals surface area (Å²) in [5, 5.41) is 5.77. The van der Waals surface area contributed by atoms with Crippen LogP contribution in [0.5, 0.6) is 0 Å². The number of ether oxygens (including phenoxy) is 2. The number of para-hydroxylation sites is 1. The van der Waals surface area contributed by atoms with Crippen LogP contribution in [0.4, 0.5) is 11.5 Å². The average Bonchev–Trinajstić information content (AvgIpc) is 2.62. The fourth-order valence-electron chi connectivity index (χ4n) is 2.02. The van der Waals surface area contributed by atoms with Gasteiger partial charge in [0.1, 0.15) is 5.82 Å². The van der Waals surface area contributed by atoms with E-state index >= 15 is 0 Å². The van der Waals surface area contributed by atoms with Crippen molar-refractivity contribution in [3.63, 3.8) is 0 Å². The van der Waals surface area contributed by atoms with E-state index in [-0.39, 0.29) is 5.91 Å². The first-order valence-electron chi connectivity index (χ1n) is 7.33. The number of amides is 1. The van der Waals surface area contributed by atoms with E-state index in [0.29, 0.717) is 35.8 Å². The van der Waals surface area contributed by atoms with E-state index in [9.17, 15) is 9.59 Å². The summed E-state index contributed by atoms with van der Waals surface area (Å²) in [6.07, 6.45) is 1.54. The number of carbonyl (C=O) groups is 2. The van der Waals surface area contributed by atoms with E-state index in [2.05, 4.69) is 15.6 Å². The summed E-state index contributed by atoms with van der Waals surface area (Å²) >= 11 is 0. The second-order valence-corrected chi connectivity index (χ2v) is 4.84. The molecule has 1 amide bonds. The molecule has 126 valence electrons. The Morgan fingerprint density at radius 3 is 2.71 bits per heavy atom. The molecule has 0 atom stereocenters. The van der Waals surface area contributed by atoms with Gasteiger partial charge in [0, 0.05) is 25.4 Å². The number of aromatic nitrogens is 1. The van der Waals surface area contributed by atoms with Crippen LogP contribution in [0.2, 0.25) is 0 Å². The van der Waals surface area contributed by atoms with E-state index in [1.807, 2.05) is 0 Å². The molecule has 2 aromatic rings. The molecule has 0 radical (unpaired) electrons. The zero-order valence-corrected chi connectivity index (χ0v) is 13.5. The molecule has 0 spiro atoms. The summed E-state index contributed by atoms with van der Waals surface area (Å²) in [6, 6.07) is 9.89. The molecular weight excluding hydrogens is 310 g/mol. The molecule has 24 heavy (non-hydrogen) atoms. The molecule has 0 aliphatic heterocycles. The highest BCUT2D eigenvalue weighted by atomic mass is 16.5. The van der Waals surface area contributed by atoms with Crippen molar-refractivity contribution in [2.45, 2.75) is 0 Å². The molecule has 0 unspecified atom stereocenters. The number of hydrogen-bond donors (Lipinski definition) is 2. The molecule has 0 saturated heterocycles. The Labute approximate surface area is 140 Å². The smallest absolute Gasteiger partial charge is 0.339 e. The van der Waals surface area contributed by atoms with Crippen LogP contribution in [0.3, 0.4) is 0 Å². The van der Waals surface area contributed by atoms with E-state index in [1.54, 1.807) is 43.5 Å². The van der Waals surface area contributed by atoms with Crippen molar-refractivity contribution in [2.75, 3.05) is 38.0 Å². The lowest BCUT2D eigenvalue weighted by atomic mass is 10.1. The molecule has 1 heterocycles. The number of benzene rings is 1. The van der Waals surface area contributed by atoms with Gasteiger partial charge in [-0.3, -0.25) is 4.79 Å². The number of nitrogens with one attached hydrogen (secondary N) is 2. The fourth-order valence-corrected chi connectivity index (χ4v) is 2.02. The third-order valence-electron chi connectivity index (χ3n) is 3.22. The minimum atomic E-state index is -0.512. The Hall–Kier alpha value is -2.93. The Kier molecular flexibility index (Phi) is 6.27. The fraction of sp³-hybridized carbons (Fsp3) is 0.235. The van der Waals surface area contributed by atoms with Gasteiger partial charge in [0.15, 0.2) is 0 Å². The predicted molar refractivity (Wildman–Crippen MR) is 90.3 cm³/mol. The maximum atomic E-state index is 12.4. The van der Waals surface area contributed by atoms with Crippen LogP contribution >= 0.6 is 0 Å². The van der Waals surface area contributed by atoms with Crippen molar-refractivity contribution in [1.82, 2.24) is 4.98 Å². The number of hydrogen-bond acceptors (Lipinski definition) is 6. The van der Waals surface area contributed by atoms with Crippen molar-refractivity contribution < 1.29 is 19.1 Å². The predicted octanol–water partition coefficient (Wildman–Crippen LogP) is 2.18. The number of carbonyl (C=O) groups excluding carboxylic acids is 2. The lowest BCUT2D eigenvalue weighted by Crippen LogP contribution is -2.16. The SMILES string of the molecule is COCCNc1cc(C(=O)Nc2ccccc2C(=O)OC)ccn1. The number of esters is 1. The van der Waals surface area contributed by atoms with Gasteiger partial charge in [0.05, 0.1) is 25.0 Å². The van der Waals surface area contributed by atoms with Gasteiger partial charge >= 0.3 is 5.97 Å². The van der Waals surface area contributed by atoms with Gasteiger partial charge < -0.3 is 20.1 Å². The summed E-state index contributed by atoms with van der Waals surface area (Å²) < 4.78 is 9.67. The van der Waals surface area contributed by atoms with Crippen molar-refractivity contribution in [1.29, 1.82) is 0 Å². The molecule has 0 aliphatic carbocycles. The summed E-state index contributed by atoms with van der Waals surface area (Å²) in [7, 11) is 2.90. The van der Waals surface area contributed by atoms with Crippen LogP contribution in [0.15, 0.2) is 42.6 Å². The van der Waals surface area contributed by atoms with Crippen molar-refractivity contribution in [2.24, 2.45) is 0 Å². The third-order valence-corrected chi connectivity index (χ3v) is 3.22. The maximum Gasteiger partial charge on any atom is 0.339 e. The molecule has 2 N–H and O–H groups in total. The molecule has 0 bridgehead atoms. The standard InChI is InChI=1S/C17H19N3O4/c1-23-10-9-19-15-11-12(7-8-18-15)16(21)20-14-6-4-3-5-13(14)17(22)24-2/h3-8,11H,9-10H2,1-2H3,(H,18,19)(H,20,21). The van der Waals surface area contributed by atoms with Crippen LogP contribution in [0, 0.1) is 0 Å². The molecule has 7 heteroatoms. The van der Waals surface area contributed by atoms with Crippen LogP contribution in [0.1, 0.15) is 20.7 Å². The summed E-state index contributed by atoms with van der Waals surface area (Å²) in [6.45, 7) is 1.12. The minimum Gasteiger partial charge on any atom is -0.465 e. The van der Waals surface area contributed by atoms with Crippen LogP contribution in [0.25, 0.3) is 0 Å². The Morgan fingerprint density at radius 2 is 1.96 bits per heavy atom. The number of rotatable bonds is 7. The highest BCUT2D eigenvalue weighted by Crippen LogP contribution is 2.17. The number of nitrogens with zero attached hydrogens (tertiary/aromatic N) is 1. The van der Waals surface area contributed by atoms with Gasteiger partial charge in [-0.25, -0.2) is 9.78 Å². The number of pyridine rings is 1. The van der Waals surface area contributed by atoms with Crippen molar-refractivity contribution >= 4 is 23.4 Å². The molecule has 7 nitrogen and oxygen atoms in total. The second-order valence-electron chi connectivity index (χ2n) is 4.84.